The molecule has 0 aliphatic rings. The van der Waals surface area contributed by atoms with Crippen LogP contribution >= 0.6 is 23.1 Å². The third-order valence-electron chi connectivity index (χ3n) is 2.49. The number of ether oxygens (including phenoxy) is 2. The van der Waals surface area contributed by atoms with Crippen molar-refractivity contribution in [3.63, 3.8) is 0 Å². The molecule has 1 aromatic carbocycles. The van der Waals surface area contributed by atoms with Gasteiger partial charge in [0.1, 0.15) is 11.5 Å². The molecule has 2 N–H and O–H groups in total. The summed E-state index contributed by atoms with van der Waals surface area (Å²) in [5.74, 6) is 2.59. The second-order valence-corrected chi connectivity index (χ2v) is 6.42. The number of thioether (sulfide) groups is 1. The summed E-state index contributed by atoms with van der Waals surface area (Å²) < 4.78 is 12.2. The van der Waals surface area contributed by atoms with Crippen LogP contribution in [0.2, 0.25) is 0 Å². The van der Waals surface area contributed by atoms with Crippen LogP contribution in [0.25, 0.3) is 0 Å². The van der Waals surface area contributed by atoms with Crippen LogP contribution in [0, 0.1) is 6.92 Å². The molecule has 108 valence electrons. The normalized spacial score (nSPS) is 10.5. The molecule has 0 aliphatic heterocycles. The van der Waals surface area contributed by atoms with Gasteiger partial charge in [-0.1, -0.05) is 11.3 Å². The second-order valence-electron chi connectivity index (χ2n) is 4.03. The van der Waals surface area contributed by atoms with Crippen LogP contribution in [-0.2, 0) is 0 Å². The first-order chi connectivity index (χ1) is 9.69. The summed E-state index contributed by atoms with van der Waals surface area (Å²) in [5, 5.41) is 0.623. The molecule has 2 rings (SSSR count). The number of anilines is 1. The maximum Gasteiger partial charge on any atom is 0.181 e. The molecule has 0 radical (unpaired) electrons. The summed E-state index contributed by atoms with van der Waals surface area (Å²) in [6.45, 7) is 5.27. The van der Waals surface area contributed by atoms with Crippen LogP contribution in [0.4, 0.5) is 5.13 Å². The topological polar surface area (TPSA) is 57.4 Å². The van der Waals surface area contributed by atoms with Crippen molar-refractivity contribution in [1.82, 2.24) is 4.98 Å². The highest BCUT2D eigenvalue weighted by Gasteiger charge is 2.05. The van der Waals surface area contributed by atoms with Crippen molar-refractivity contribution in [3.05, 3.63) is 30.0 Å². The molecule has 0 fully saturated rings. The van der Waals surface area contributed by atoms with E-state index in [4.69, 9.17) is 15.2 Å². The van der Waals surface area contributed by atoms with E-state index >= 15 is 0 Å². The Hall–Kier alpha value is -1.40. The van der Waals surface area contributed by atoms with Gasteiger partial charge in [-0.2, -0.15) is 0 Å². The quantitative estimate of drug-likeness (QED) is 0.625. The van der Waals surface area contributed by atoms with Crippen LogP contribution in [0.5, 0.6) is 11.5 Å². The van der Waals surface area contributed by atoms with Crippen molar-refractivity contribution >= 4 is 28.2 Å². The minimum Gasteiger partial charge on any atom is -0.494 e. The molecule has 20 heavy (non-hydrogen) atoms. The zero-order valence-electron chi connectivity index (χ0n) is 11.6. The van der Waals surface area contributed by atoms with Gasteiger partial charge < -0.3 is 15.2 Å². The van der Waals surface area contributed by atoms with Crippen LogP contribution in [0.3, 0.4) is 0 Å². The Morgan fingerprint density at radius 1 is 1.20 bits per heavy atom. The van der Waals surface area contributed by atoms with Crippen LogP contribution in [0.1, 0.15) is 12.6 Å². The molecule has 2 aromatic rings. The average molecular weight is 310 g/mol. The van der Waals surface area contributed by atoms with Gasteiger partial charge in [-0.3, -0.25) is 0 Å². The van der Waals surface area contributed by atoms with Crippen LogP contribution < -0.4 is 15.2 Å². The van der Waals surface area contributed by atoms with E-state index in [1.807, 2.05) is 38.1 Å². The van der Waals surface area contributed by atoms with Crippen LogP contribution in [0.15, 0.2) is 28.5 Å². The standard InChI is InChI=1S/C14H18N2O2S2/c1-3-17-11-4-6-12(7-5-11)18-8-9-19-13-10(2)16-14(15)20-13/h4-7H,3,8-9H2,1-2H3,(H2,15,16). The molecule has 4 nitrogen and oxygen atoms in total. The van der Waals surface area contributed by atoms with Crippen molar-refractivity contribution in [2.24, 2.45) is 0 Å². The fraction of sp³-hybridized carbons (Fsp3) is 0.357. The van der Waals surface area contributed by atoms with Crippen LogP contribution in [-0.4, -0.2) is 24.0 Å². The molecule has 0 spiro atoms. The molecule has 6 heteroatoms. The minimum atomic E-state index is 0.623. The molecule has 0 aliphatic carbocycles. The third kappa shape index (κ3) is 4.31. The predicted molar refractivity (Wildman–Crippen MR) is 85.1 cm³/mol. The first-order valence-electron chi connectivity index (χ1n) is 6.40. The van der Waals surface area contributed by atoms with Crippen molar-refractivity contribution in [3.8, 4) is 11.5 Å². The van der Waals surface area contributed by atoms with Gasteiger partial charge >= 0.3 is 0 Å². The highest BCUT2D eigenvalue weighted by Crippen LogP contribution is 2.30. The fourth-order valence-electron chi connectivity index (χ4n) is 1.63. The van der Waals surface area contributed by atoms with E-state index in [-0.39, 0.29) is 0 Å². The van der Waals surface area contributed by atoms with Crippen molar-refractivity contribution in [2.75, 3.05) is 24.7 Å². The third-order valence-corrected chi connectivity index (χ3v) is 4.80. The number of nitrogens with zero attached hydrogens (tertiary/aromatic N) is 1. The van der Waals surface area contributed by atoms with E-state index < -0.39 is 0 Å². The summed E-state index contributed by atoms with van der Waals surface area (Å²) in [7, 11) is 0. The van der Waals surface area contributed by atoms with Gasteiger partial charge in [-0.15, -0.1) is 11.8 Å². The summed E-state index contributed by atoms with van der Waals surface area (Å²) in [4.78, 5) is 4.20. The van der Waals surface area contributed by atoms with Crippen molar-refractivity contribution < 1.29 is 9.47 Å². The number of hydrogen-bond acceptors (Lipinski definition) is 6. The lowest BCUT2D eigenvalue weighted by molar-refractivity contribution is 0.332. The zero-order valence-corrected chi connectivity index (χ0v) is 13.2. The van der Waals surface area contributed by atoms with E-state index in [0.29, 0.717) is 18.3 Å². The number of aromatic nitrogens is 1. The zero-order chi connectivity index (χ0) is 14.4. The Bertz CT molecular complexity index is 541. The van der Waals surface area contributed by atoms with E-state index in [9.17, 15) is 0 Å². The summed E-state index contributed by atoms with van der Waals surface area (Å²) >= 11 is 3.25. The number of aryl methyl sites for hydroxylation is 1. The summed E-state index contributed by atoms with van der Waals surface area (Å²) in [6, 6.07) is 7.68. The maximum absolute atomic E-state index is 5.68. The highest BCUT2D eigenvalue weighted by atomic mass is 32.2. The summed E-state index contributed by atoms with van der Waals surface area (Å²) in [5.41, 5.74) is 6.66. The van der Waals surface area contributed by atoms with Gasteiger partial charge in [0.25, 0.3) is 0 Å². The first kappa shape index (κ1) is 15.0. The molecular formula is C14H18N2O2S2. The highest BCUT2D eigenvalue weighted by molar-refractivity contribution is 8.01. The van der Waals surface area contributed by atoms with Crippen molar-refractivity contribution in [1.29, 1.82) is 0 Å². The lowest BCUT2D eigenvalue weighted by Gasteiger charge is -2.07. The molecule has 0 unspecified atom stereocenters. The molecule has 1 aromatic heterocycles. The smallest absolute Gasteiger partial charge is 0.181 e. The SMILES string of the molecule is CCOc1ccc(OCCSc2sc(N)nc2C)cc1. The molecule has 0 atom stereocenters. The molecular weight excluding hydrogens is 292 g/mol. The van der Waals surface area contributed by atoms with Gasteiger partial charge in [0, 0.05) is 5.75 Å². The molecule has 1 heterocycles. The number of nitrogens with two attached hydrogens (primary N) is 1. The number of nitrogen functional groups attached to an aromatic ring is 1. The number of benzene rings is 1. The minimum absolute atomic E-state index is 0.623. The Kier molecular flexibility index (Phi) is 5.55. The number of thiazole rings is 1. The number of rotatable bonds is 7. The predicted octanol–water partition coefficient (Wildman–Crippen LogP) is 3.60. The molecule has 0 saturated heterocycles. The Morgan fingerprint density at radius 3 is 2.40 bits per heavy atom. The Labute approximate surface area is 127 Å². The Balaban J connectivity index is 1.74. The number of hydrogen-bond donors (Lipinski definition) is 1. The van der Waals surface area contributed by atoms with E-state index in [2.05, 4.69) is 4.98 Å². The van der Waals surface area contributed by atoms with Gasteiger partial charge in [0.05, 0.1) is 23.1 Å². The van der Waals surface area contributed by atoms with Gasteiger partial charge in [-0.25, -0.2) is 4.98 Å². The second kappa shape index (κ2) is 7.40. The Morgan fingerprint density at radius 2 is 1.85 bits per heavy atom. The summed E-state index contributed by atoms with van der Waals surface area (Å²) in [6.07, 6.45) is 0. The average Bonchev–Trinajstić information content (AvgIpc) is 2.75. The first-order valence-corrected chi connectivity index (χ1v) is 8.20. The van der Waals surface area contributed by atoms with E-state index in [1.54, 1.807) is 11.8 Å². The molecule has 0 saturated carbocycles. The lowest BCUT2D eigenvalue weighted by atomic mass is 10.3. The van der Waals surface area contributed by atoms with Gasteiger partial charge in [0.15, 0.2) is 5.13 Å². The van der Waals surface area contributed by atoms with Crippen molar-refractivity contribution in [2.45, 2.75) is 18.1 Å². The molecule has 0 amide bonds. The monoisotopic (exact) mass is 310 g/mol. The fourth-order valence-corrected chi connectivity index (χ4v) is 3.54. The maximum atomic E-state index is 5.68. The van der Waals surface area contributed by atoms with Gasteiger partial charge in [0.2, 0.25) is 0 Å². The van der Waals surface area contributed by atoms with Gasteiger partial charge in [-0.05, 0) is 38.1 Å². The van der Waals surface area contributed by atoms with E-state index in [0.717, 1.165) is 27.2 Å². The van der Waals surface area contributed by atoms with E-state index in [1.165, 1.54) is 11.3 Å². The largest absolute Gasteiger partial charge is 0.494 e. The molecule has 0 bridgehead atoms. The lowest BCUT2D eigenvalue weighted by Crippen LogP contribution is -2.00.